The van der Waals surface area contributed by atoms with E-state index in [1.807, 2.05) is 24.3 Å². The van der Waals surface area contributed by atoms with E-state index in [4.69, 9.17) is 27.9 Å². The van der Waals surface area contributed by atoms with E-state index in [1.54, 1.807) is 0 Å². The van der Waals surface area contributed by atoms with Crippen molar-refractivity contribution in [3.63, 3.8) is 0 Å². The Hall–Kier alpha value is -1.96. The first-order valence-corrected chi connectivity index (χ1v) is 12.7. The SMILES string of the molecule is CCC1(CC)C[C@@H](NC(=O)CN(c2ccc(Cl)c(Cl)c2)S(C)(=O)=O)c2ccccc2O1. The number of hydrogen-bond acceptors (Lipinski definition) is 4. The van der Waals surface area contributed by atoms with Crippen molar-refractivity contribution >= 4 is 44.8 Å². The zero-order valence-corrected chi connectivity index (χ0v) is 20.0. The zero-order chi connectivity index (χ0) is 22.8. The molecule has 0 aromatic heterocycles. The first kappa shape index (κ1) is 23.7. The summed E-state index contributed by atoms with van der Waals surface area (Å²) in [5, 5.41) is 3.53. The van der Waals surface area contributed by atoms with Gasteiger partial charge in [0, 0.05) is 12.0 Å². The molecule has 3 rings (SSSR count). The van der Waals surface area contributed by atoms with Crippen molar-refractivity contribution in [1.29, 1.82) is 0 Å². The van der Waals surface area contributed by atoms with Crippen LogP contribution in [0.15, 0.2) is 42.5 Å². The Morgan fingerprint density at radius 1 is 1.16 bits per heavy atom. The number of fused-ring (bicyclic) bond motifs is 1. The molecule has 0 bridgehead atoms. The highest BCUT2D eigenvalue weighted by Gasteiger charge is 2.39. The second-order valence-electron chi connectivity index (χ2n) is 7.72. The Kier molecular flexibility index (Phi) is 7.08. The van der Waals surface area contributed by atoms with Crippen LogP contribution in [-0.2, 0) is 14.8 Å². The first-order valence-electron chi connectivity index (χ1n) is 10.1. The second-order valence-corrected chi connectivity index (χ2v) is 10.4. The first-order chi connectivity index (χ1) is 14.6. The predicted octanol–water partition coefficient (Wildman–Crippen LogP) is 4.96. The Balaban J connectivity index is 1.86. The maximum Gasteiger partial charge on any atom is 0.241 e. The van der Waals surface area contributed by atoms with Gasteiger partial charge in [0.2, 0.25) is 15.9 Å². The number of ether oxygens (including phenoxy) is 1. The monoisotopic (exact) mass is 484 g/mol. The molecule has 6 nitrogen and oxygen atoms in total. The van der Waals surface area contributed by atoms with Crippen molar-refractivity contribution < 1.29 is 17.9 Å². The smallest absolute Gasteiger partial charge is 0.241 e. The molecule has 1 aliphatic heterocycles. The average molecular weight is 485 g/mol. The molecule has 0 spiro atoms. The Morgan fingerprint density at radius 3 is 2.45 bits per heavy atom. The van der Waals surface area contributed by atoms with Gasteiger partial charge < -0.3 is 10.1 Å². The number of rotatable bonds is 7. The summed E-state index contributed by atoms with van der Waals surface area (Å²) in [6.07, 6.45) is 3.24. The summed E-state index contributed by atoms with van der Waals surface area (Å²) in [6, 6.07) is 11.8. The lowest BCUT2D eigenvalue weighted by Crippen LogP contribution is -2.47. The van der Waals surface area contributed by atoms with Gasteiger partial charge in [-0.05, 0) is 37.1 Å². The molecule has 2 aromatic carbocycles. The third-order valence-electron chi connectivity index (χ3n) is 5.70. The predicted molar refractivity (Wildman–Crippen MR) is 125 cm³/mol. The van der Waals surface area contributed by atoms with Crippen LogP contribution in [0.1, 0.15) is 44.7 Å². The average Bonchev–Trinajstić information content (AvgIpc) is 2.73. The van der Waals surface area contributed by atoms with Crippen molar-refractivity contribution in [3.8, 4) is 5.75 Å². The van der Waals surface area contributed by atoms with Gasteiger partial charge in [0.15, 0.2) is 0 Å². The van der Waals surface area contributed by atoms with Gasteiger partial charge in [-0.1, -0.05) is 55.2 Å². The highest BCUT2D eigenvalue weighted by atomic mass is 35.5. The number of nitrogens with one attached hydrogen (secondary N) is 1. The third kappa shape index (κ3) is 5.27. The van der Waals surface area contributed by atoms with Crippen molar-refractivity contribution in [2.24, 2.45) is 0 Å². The fourth-order valence-electron chi connectivity index (χ4n) is 3.84. The van der Waals surface area contributed by atoms with Crippen LogP contribution in [0.4, 0.5) is 5.69 Å². The number of hydrogen-bond donors (Lipinski definition) is 1. The maximum atomic E-state index is 13.0. The van der Waals surface area contributed by atoms with Crippen molar-refractivity contribution in [3.05, 3.63) is 58.1 Å². The highest BCUT2D eigenvalue weighted by molar-refractivity contribution is 7.92. The van der Waals surface area contributed by atoms with Crippen LogP contribution in [-0.4, -0.2) is 32.7 Å². The molecule has 1 N–H and O–H groups in total. The van der Waals surface area contributed by atoms with Crippen LogP contribution < -0.4 is 14.4 Å². The van der Waals surface area contributed by atoms with Gasteiger partial charge in [0.05, 0.1) is 28.0 Å². The number of carbonyl (C=O) groups is 1. The normalized spacial score (nSPS) is 17.4. The van der Waals surface area contributed by atoms with E-state index in [1.165, 1.54) is 18.2 Å². The number of anilines is 1. The zero-order valence-electron chi connectivity index (χ0n) is 17.7. The summed E-state index contributed by atoms with van der Waals surface area (Å²) in [6.45, 7) is 3.75. The molecule has 0 fully saturated rings. The molecule has 0 radical (unpaired) electrons. The van der Waals surface area contributed by atoms with Crippen molar-refractivity contribution in [2.45, 2.75) is 44.8 Å². The number of sulfonamides is 1. The fourth-order valence-corrected chi connectivity index (χ4v) is 4.98. The number of halogens is 2. The quantitative estimate of drug-likeness (QED) is 0.602. The summed E-state index contributed by atoms with van der Waals surface area (Å²) in [4.78, 5) is 13.0. The lowest BCUT2D eigenvalue weighted by molar-refractivity contribution is -0.121. The number of benzene rings is 2. The number of nitrogens with zero attached hydrogens (tertiary/aromatic N) is 1. The second kappa shape index (κ2) is 9.27. The van der Waals surface area contributed by atoms with E-state index in [0.717, 1.165) is 34.7 Å². The van der Waals surface area contributed by atoms with Gasteiger partial charge in [-0.15, -0.1) is 0 Å². The van der Waals surface area contributed by atoms with Gasteiger partial charge in [-0.3, -0.25) is 9.10 Å². The molecule has 0 unspecified atom stereocenters. The molecule has 1 aliphatic rings. The summed E-state index contributed by atoms with van der Waals surface area (Å²) in [7, 11) is -3.73. The van der Waals surface area contributed by atoms with Crippen LogP contribution in [0.2, 0.25) is 10.0 Å². The summed E-state index contributed by atoms with van der Waals surface area (Å²) < 4.78 is 32.1. The Labute approximate surface area is 193 Å². The summed E-state index contributed by atoms with van der Waals surface area (Å²) in [5.74, 6) is 0.325. The minimum atomic E-state index is -3.73. The molecular weight excluding hydrogens is 459 g/mol. The molecular formula is C22H26Cl2N2O4S. The topological polar surface area (TPSA) is 75.7 Å². The molecule has 1 amide bonds. The molecule has 2 aromatic rings. The van der Waals surface area contributed by atoms with Crippen LogP contribution >= 0.6 is 23.2 Å². The van der Waals surface area contributed by atoms with Crippen LogP contribution in [0, 0.1) is 0 Å². The highest BCUT2D eigenvalue weighted by Crippen LogP contribution is 2.42. The molecule has 0 saturated carbocycles. The van der Waals surface area contributed by atoms with E-state index in [2.05, 4.69) is 19.2 Å². The molecule has 168 valence electrons. The van der Waals surface area contributed by atoms with Crippen molar-refractivity contribution in [2.75, 3.05) is 17.1 Å². The van der Waals surface area contributed by atoms with Crippen molar-refractivity contribution in [1.82, 2.24) is 5.32 Å². The summed E-state index contributed by atoms with van der Waals surface area (Å²) in [5.41, 5.74) is 0.775. The fraction of sp³-hybridized carbons (Fsp3) is 0.409. The lowest BCUT2D eigenvalue weighted by atomic mass is 9.83. The molecule has 0 saturated heterocycles. The van der Waals surface area contributed by atoms with Gasteiger partial charge in [-0.25, -0.2) is 8.42 Å². The van der Waals surface area contributed by atoms with Gasteiger partial charge in [0.25, 0.3) is 0 Å². The van der Waals surface area contributed by atoms with Crippen LogP contribution in [0.25, 0.3) is 0 Å². The largest absolute Gasteiger partial charge is 0.487 e. The maximum absolute atomic E-state index is 13.0. The molecule has 1 atom stereocenters. The van der Waals surface area contributed by atoms with Gasteiger partial charge >= 0.3 is 0 Å². The molecule has 9 heteroatoms. The summed E-state index contributed by atoms with van der Waals surface area (Å²) >= 11 is 12.0. The standard InChI is InChI=1S/C22H26Cl2N2O4S/c1-4-22(5-2)13-19(16-8-6-7-9-20(16)30-22)25-21(27)14-26(31(3,28)29)15-10-11-17(23)18(24)12-15/h6-12,19H,4-5,13-14H2,1-3H3,(H,25,27)/t19-/m1/s1. The number of carbonyl (C=O) groups excluding carboxylic acids is 1. The third-order valence-corrected chi connectivity index (χ3v) is 7.58. The molecule has 1 heterocycles. The number of amides is 1. The minimum Gasteiger partial charge on any atom is -0.487 e. The van der Waals surface area contributed by atoms with Gasteiger partial charge in [-0.2, -0.15) is 0 Å². The van der Waals surface area contributed by atoms with Crippen LogP contribution in [0.5, 0.6) is 5.75 Å². The van der Waals surface area contributed by atoms with E-state index in [9.17, 15) is 13.2 Å². The lowest BCUT2D eigenvalue weighted by Gasteiger charge is -2.41. The Morgan fingerprint density at radius 2 is 1.84 bits per heavy atom. The minimum absolute atomic E-state index is 0.210. The van der Waals surface area contributed by atoms with Crippen LogP contribution in [0.3, 0.4) is 0 Å². The molecule has 31 heavy (non-hydrogen) atoms. The van der Waals surface area contributed by atoms with E-state index >= 15 is 0 Å². The Bertz CT molecular complexity index is 1070. The van der Waals surface area contributed by atoms with Gasteiger partial charge in [0.1, 0.15) is 17.9 Å². The van der Waals surface area contributed by atoms with E-state index in [0.29, 0.717) is 11.4 Å². The van der Waals surface area contributed by atoms with E-state index < -0.39 is 15.9 Å². The van der Waals surface area contributed by atoms with E-state index in [-0.39, 0.29) is 28.9 Å². The molecule has 0 aliphatic carbocycles. The number of para-hydroxylation sites is 1.